The molecule has 5 rings (SSSR count). The third-order valence-electron chi connectivity index (χ3n) is 5.97. The molecule has 1 fully saturated rings. The molecule has 1 atom stereocenters. The van der Waals surface area contributed by atoms with Gasteiger partial charge in [-0.25, -0.2) is 4.98 Å². The predicted molar refractivity (Wildman–Crippen MR) is 128 cm³/mol. The average molecular weight is 432 g/mol. The van der Waals surface area contributed by atoms with Crippen LogP contribution in [0.5, 0.6) is 5.75 Å². The van der Waals surface area contributed by atoms with Crippen LogP contribution in [-0.2, 0) is 0 Å². The molecule has 4 aromatic rings. The van der Waals surface area contributed by atoms with E-state index in [-0.39, 0.29) is 11.9 Å². The van der Waals surface area contributed by atoms with E-state index in [4.69, 9.17) is 9.72 Å². The molecular weight excluding hydrogens is 406 g/mol. The Bertz CT molecular complexity index is 1280. The van der Waals surface area contributed by atoms with Crippen LogP contribution < -0.4 is 9.64 Å². The molecule has 1 unspecified atom stereocenters. The molecular formula is C25H25N3O2S. The lowest BCUT2D eigenvalue weighted by Crippen LogP contribution is -2.53. The van der Waals surface area contributed by atoms with Crippen molar-refractivity contribution in [3.05, 3.63) is 65.0 Å². The van der Waals surface area contributed by atoms with Crippen molar-refractivity contribution < 1.29 is 9.53 Å². The van der Waals surface area contributed by atoms with Crippen molar-refractivity contribution in [2.24, 2.45) is 0 Å². The fourth-order valence-electron chi connectivity index (χ4n) is 4.33. The second kappa shape index (κ2) is 7.85. The minimum Gasteiger partial charge on any atom is -0.497 e. The zero-order chi connectivity index (χ0) is 21.5. The third-order valence-corrected chi connectivity index (χ3v) is 7.00. The molecule has 5 nitrogen and oxygen atoms in total. The number of aromatic nitrogens is 1. The van der Waals surface area contributed by atoms with E-state index in [9.17, 15) is 4.79 Å². The van der Waals surface area contributed by atoms with Crippen molar-refractivity contribution >= 4 is 44.1 Å². The molecule has 1 saturated heterocycles. The highest BCUT2D eigenvalue weighted by atomic mass is 32.1. The van der Waals surface area contributed by atoms with Gasteiger partial charge in [-0.15, -0.1) is 11.3 Å². The highest BCUT2D eigenvalue weighted by Gasteiger charge is 2.28. The monoisotopic (exact) mass is 431 g/mol. The second-order valence-corrected chi connectivity index (χ2v) is 9.22. The number of carbonyl (C=O) groups is 1. The molecule has 0 radical (unpaired) electrons. The van der Waals surface area contributed by atoms with Crippen LogP contribution in [0.4, 0.5) is 5.69 Å². The smallest absolute Gasteiger partial charge is 0.264 e. The van der Waals surface area contributed by atoms with Crippen LogP contribution in [-0.4, -0.2) is 48.6 Å². The van der Waals surface area contributed by atoms with Crippen LogP contribution in [0.1, 0.15) is 22.2 Å². The first-order valence-corrected chi connectivity index (χ1v) is 11.3. The Balaban J connectivity index is 1.38. The van der Waals surface area contributed by atoms with Crippen molar-refractivity contribution in [2.75, 3.05) is 31.6 Å². The zero-order valence-corrected chi connectivity index (χ0v) is 18.8. The molecule has 1 amide bonds. The van der Waals surface area contributed by atoms with E-state index in [1.165, 1.54) is 22.6 Å². The first kappa shape index (κ1) is 19.8. The van der Waals surface area contributed by atoms with Gasteiger partial charge in [0.1, 0.15) is 10.6 Å². The molecule has 0 aliphatic carbocycles. The Labute approximate surface area is 185 Å². The van der Waals surface area contributed by atoms with Crippen molar-refractivity contribution in [1.82, 2.24) is 9.88 Å². The first-order chi connectivity index (χ1) is 15.0. The lowest BCUT2D eigenvalue weighted by molar-refractivity contribution is 0.0731. The topological polar surface area (TPSA) is 45.7 Å². The summed E-state index contributed by atoms with van der Waals surface area (Å²) in [5, 5.41) is 2.02. The van der Waals surface area contributed by atoms with Crippen LogP contribution in [0.15, 0.2) is 54.6 Å². The fraction of sp³-hybridized carbons (Fsp3) is 0.280. The number of carbonyl (C=O) groups excluding carboxylic acids is 1. The van der Waals surface area contributed by atoms with Gasteiger partial charge in [0.2, 0.25) is 0 Å². The summed E-state index contributed by atoms with van der Waals surface area (Å²) < 4.78 is 5.32. The number of benzene rings is 2. The van der Waals surface area contributed by atoms with Crippen molar-refractivity contribution in [2.45, 2.75) is 19.9 Å². The zero-order valence-electron chi connectivity index (χ0n) is 18.0. The molecule has 1 aliphatic heterocycles. The third kappa shape index (κ3) is 3.72. The van der Waals surface area contributed by atoms with Gasteiger partial charge in [0.15, 0.2) is 0 Å². The summed E-state index contributed by atoms with van der Waals surface area (Å²) in [7, 11) is 1.66. The van der Waals surface area contributed by atoms with Gasteiger partial charge in [0, 0.05) is 42.1 Å². The molecule has 31 heavy (non-hydrogen) atoms. The molecule has 0 N–H and O–H groups in total. The SMILES string of the molecule is COc1ccc2nc3sc(C(=O)N4CCN(c5cccc(C)c5)C(C)C4)cc3cc2c1. The lowest BCUT2D eigenvalue weighted by Gasteiger charge is -2.41. The number of fused-ring (bicyclic) bond motifs is 2. The number of amides is 1. The van der Waals surface area contributed by atoms with Gasteiger partial charge in [-0.1, -0.05) is 12.1 Å². The number of hydrogen-bond donors (Lipinski definition) is 0. The van der Waals surface area contributed by atoms with Crippen LogP contribution in [0, 0.1) is 6.92 Å². The maximum absolute atomic E-state index is 13.3. The number of pyridine rings is 1. The van der Waals surface area contributed by atoms with Gasteiger partial charge in [-0.3, -0.25) is 4.79 Å². The fourth-order valence-corrected chi connectivity index (χ4v) is 5.32. The highest BCUT2D eigenvalue weighted by Crippen LogP contribution is 2.30. The largest absolute Gasteiger partial charge is 0.497 e. The number of hydrogen-bond acceptors (Lipinski definition) is 5. The Morgan fingerprint density at radius 1 is 1.10 bits per heavy atom. The molecule has 2 aromatic heterocycles. The van der Waals surface area contributed by atoms with Gasteiger partial charge in [-0.2, -0.15) is 0 Å². The predicted octanol–water partition coefficient (Wildman–Crippen LogP) is 5.12. The van der Waals surface area contributed by atoms with Gasteiger partial charge < -0.3 is 14.5 Å². The average Bonchev–Trinajstić information content (AvgIpc) is 3.19. The van der Waals surface area contributed by atoms with E-state index in [1.54, 1.807) is 7.11 Å². The summed E-state index contributed by atoms with van der Waals surface area (Å²) in [5.41, 5.74) is 3.40. The Morgan fingerprint density at radius 3 is 2.74 bits per heavy atom. The van der Waals surface area contributed by atoms with Gasteiger partial charge in [0.25, 0.3) is 5.91 Å². The summed E-state index contributed by atoms with van der Waals surface area (Å²) in [5.74, 6) is 0.904. The van der Waals surface area contributed by atoms with Crippen molar-refractivity contribution in [3.63, 3.8) is 0 Å². The van der Waals surface area contributed by atoms with E-state index in [2.05, 4.69) is 49.1 Å². The lowest BCUT2D eigenvalue weighted by atomic mass is 10.1. The highest BCUT2D eigenvalue weighted by molar-refractivity contribution is 7.20. The summed E-state index contributed by atoms with van der Waals surface area (Å²) >= 11 is 1.48. The number of anilines is 1. The number of nitrogens with zero attached hydrogens (tertiary/aromatic N) is 3. The number of piperazine rings is 1. The van der Waals surface area contributed by atoms with Crippen molar-refractivity contribution in [3.8, 4) is 5.75 Å². The normalized spacial score (nSPS) is 16.8. The van der Waals surface area contributed by atoms with Crippen LogP contribution in [0.25, 0.3) is 21.1 Å². The summed E-state index contributed by atoms with van der Waals surface area (Å²) in [6.07, 6.45) is 0. The molecule has 158 valence electrons. The molecule has 0 spiro atoms. The maximum atomic E-state index is 13.3. The Kier molecular flexibility index (Phi) is 5.02. The van der Waals surface area contributed by atoms with E-state index in [0.717, 1.165) is 44.8 Å². The standard InChI is InChI=1S/C25H25N3O2S/c1-16-5-4-6-20(11-16)28-10-9-27(15-17(28)2)25(29)23-14-19-12-18-13-21(30-3)7-8-22(18)26-24(19)31-23/h4-8,11-14,17H,9-10,15H2,1-3H3. The summed E-state index contributed by atoms with van der Waals surface area (Å²) in [6, 6.07) is 18.8. The van der Waals surface area contributed by atoms with E-state index in [1.807, 2.05) is 29.2 Å². The van der Waals surface area contributed by atoms with Gasteiger partial charge in [0.05, 0.1) is 17.5 Å². The number of aryl methyl sites for hydroxylation is 1. The van der Waals surface area contributed by atoms with Gasteiger partial charge in [-0.05, 0) is 61.9 Å². The van der Waals surface area contributed by atoms with E-state index in [0.29, 0.717) is 6.54 Å². The van der Waals surface area contributed by atoms with Crippen molar-refractivity contribution in [1.29, 1.82) is 0 Å². The Hall–Kier alpha value is -3.12. The molecule has 3 heterocycles. The molecule has 0 saturated carbocycles. The number of ether oxygens (including phenoxy) is 1. The van der Waals surface area contributed by atoms with Crippen LogP contribution in [0.3, 0.4) is 0 Å². The molecule has 6 heteroatoms. The van der Waals surface area contributed by atoms with E-state index < -0.39 is 0 Å². The van der Waals surface area contributed by atoms with Crippen LogP contribution >= 0.6 is 11.3 Å². The van der Waals surface area contributed by atoms with Crippen LogP contribution in [0.2, 0.25) is 0 Å². The molecule has 0 bridgehead atoms. The minimum atomic E-state index is 0.0976. The second-order valence-electron chi connectivity index (χ2n) is 8.18. The number of thiophene rings is 1. The first-order valence-electron chi connectivity index (χ1n) is 10.5. The summed E-state index contributed by atoms with van der Waals surface area (Å²) in [4.78, 5) is 24.1. The van der Waals surface area contributed by atoms with E-state index >= 15 is 0 Å². The summed E-state index contributed by atoms with van der Waals surface area (Å²) in [6.45, 7) is 6.58. The van der Waals surface area contributed by atoms with Gasteiger partial charge >= 0.3 is 0 Å². The Morgan fingerprint density at radius 2 is 1.97 bits per heavy atom. The number of rotatable bonds is 3. The minimum absolute atomic E-state index is 0.0976. The molecule has 2 aromatic carbocycles. The maximum Gasteiger partial charge on any atom is 0.264 e. The molecule has 1 aliphatic rings. The number of methoxy groups -OCH3 is 1. The quantitative estimate of drug-likeness (QED) is 0.452.